The minimum absolute atomic E-state index is 0.558. The van der Waals surface area contributed by atoms with Gasteiger partial charge in [-0.15, -0.1) is 0 Å². The monoisotopic (exact) mass is 330 g/mol. The van der Waals surface area contributed by atoms with Gasteiger partial charge < -0.3 is 15.2 Å². The molecule has 3 amide bonds. The van der Waals surface area contributed by atoms with Crippen molar-refractivity contribution in [3.63, 3.8) is 0 Å². The number of nitrogens with one attached hydrogen (secondary N) is 1. The van der Waals surface area contributed by atoms with E-state index in [1.807, 2.05) is 41.7 Å². The molecule has 2 aromatic carbocycles. The molecule has 0 aliphatic heterocycles. The van der Waals surface area contributed by atoms with Crippen LogP contribution in [0.15, 0.2) is 36.4 Å². The molecule has 126 valence electrons. The Bertz CT molecular complexity index is 788. The first-order valence-corrected chi connectivity index (χ1v) is 7.24. The molecule has 0 aliphatic carbocycles. The Balaban J connectivity index is 2.07. The molecule has 0 aliphatic rings. The summed E-state index contributed by atoms with van der Waals surface area (Å²) < 4.78 is 10.1. The molecule has 0 saturated heterocycles. The van der Waals surface area contributed by atoms with Gasteiger partial charge in [0.2, 0.25) is 0 Å². The molecule has 0 fully saturated rings. The van der Waals surface area contributed by atoms with Crippen molar-refractivity contribution < 1.29 is 23.9 Å². The SMILES string of the molecule is COc1ccc2cc([C@H](C)C(=O)OCC(=O)NC(N)=O)ccc2c1. The van der Waals surface area contributed by atoms with Gasteiger partial charge in [-0.1, -0.05) is 24.3 Å². The number of carbonyl (C=O) groups excluding carboxylic acids is 3. The lowest BCUT2D eigenvalue weighted by Gasteiger charge is -2.12. The Morgan fingerprint density at radius 3 is 2.46 bits per heavy atom. The second-order valence-corrected chi connectivity index (χ2v) is 5.21. The number of hydrogen-bond donors (Lipinski definition) is 2. The van der Waals surface area contributed by atoms with Gasteiger partial charge in [0, 0.05) is 0 Å². The Morgan fingerprint density at radius 2 is 1.79 bits per heavy atom. The smallest absolute Gasteiger partial charge is 0.318 e. The van der Waals surface area contributed by atoms with Crippen molar-refractivity contribution >= 4 is 28.7 Å². The number of carbonyl (C=O) groups is 3. The van der Waals surface area contributed by atoms with Crippen LogP contribution in [0.1, 0.15) is 18.4 Å². The maximum absolute atomic E-state index is 12.0. The fraction of sp³-hybridized carbons (Fsp3) is 0.235. The standard InChI is InChI=1S/C17H18N2O5/c1-10(16(21)24-9-15(20)19-17(18)22)11-3-4-13-8-14(23-2)6-5-12(13)7-11/h3-8,10H,9H2,1-2H3,(H3,18,19,20,22)/t10-/m0/s1. The van der Waals surface area contributed by atoms with E-state index >= 15 is 0 Å². The first-order valence-electron chi connectivity index (χ1n) is 7.24. The average molecular weight is 330 g/mol. The van der Waals surface area contributed by atoms with Crippen LogP contribution >= 0.6 is 0 Å². The quantitative estimate of drug-likeness (QED) is 0.811. The summed E-state index contributed by atoms with van der Waals surface area (Å²) in [4.78, 5) is 33.8. The topological polar surface area (TPSA) is 108 Å². The van der Waals surface area contributed by atoms with Crippen LogP contribution in [0, 0.1) is 0 Å². The molecule has 0 spiro atoms. The van der Waals surface area contributed by atoms with Crippen LogP contribution in [0.2, 0.25) is 0 Å². The van der Waals surface area contributed by atoms with Crippen LogP contribution in [0.4, 0.5) is 4.79 Å². The lowest BCUT2D eigenvalue weighted by Crippen LogP contribution is -2.38. The molecule has 0 bridgehead atoms. The van der Waals surface area contributed by atoms with Crippen molar-refractivity contribution in [2.45, 2.75) is 12.8 Å². The van der Waals surface area contributed by atoms with Crippen LogP contribution in [0.5, 0.6) is 5.75 Å². The molecule has 0 unspecified atom stereocenters. The van der Waals surface area contributed by atoms with Crippen molar-refractivity contribution in [1.29, 1.82) is 0 Å². The van der Waals surface area contributed by atoms with Gasteiger partial charge in [-0.2, -0.15) is 0 Å². The summed E-state index contributed by atoms with van der Waals surface area (Å²) in [6.07, 6.45) is 0. The van der Waals surface area contributed by atoms with Gasteiger partial charge in [-0.05, 0) is 35.4 Å². The van der Waals surface area contributed by atoms with Crippen LogP contribution in [0.25, 0.3) is 10.8 Å². The number of methoxy groups -OCH3 is 1. The van der Waals surface area contributed by atoms with E-state index < -0.39 is 30.4 Å². The molecule has 3 N–H and O–H groups in total. The van der Waals surface area contributed by atoms with Gasteiger partial charge in [-0.25, -0.2) is 4.79 Å². The molecule has 0 saturated carbocycles. The summed E-state index contributed by atoms with van der Waals surface area (Å²) in [7, 11) is 1.60. The minimum atomic E-state index is -0.992. The lowest BCUT2D eigenvalue weighted by atomic mass is 9.98. The first kappa shape index (κ1) is 17.3. The number of imide groups is 1. The van der Waals surface area contributed by atoms with E-state index in [0.29, 0.717) is 0 Å². The number of amides is 3. The second kappa shape index (κ2) is 7.45. The molecule has 1 atom stereocenters. The highest BCUT2D eigenvalue weighted by atomic mass is 16.5. The van der Waals surface area contributed by atoms with Crippen molar-refractivity contribution in [2.75, 3.05) is 13.7 Å². The fourth-order valence-corrected chi connectivity index (χ4v) is 2.21. The Morgan fingerprint density at radius 1 is 1.12 bits per heavy atom. The van der Waals surface area contributed by atoms with Crippen molar-refractivity contribution in [1.82, 2.24) is 5.32 Å². The predicted octanol–water partition coefficient (Wildman–Crippen LogP) is 1.69. The largest absolute Gasteiger partial charge is 0.497 e. The number of fused-ring (bicyclic) bond motifs is 1. The molecule has 2 aromatic rings. The number of esters is 1. The van der Waals surface area contributed by atoms with Crippen molar-refractivity contribution in [3.8, 4) is 5.75 Å². The Hall–Kier alpha value is -3.09. The molecule has 24 heavy (non-hydrogen) atoms. The number of benzene rings is 2. The zero-order valence-electron chi connectivity index (χ0n) is 13.4. The Labute approximate surface area is 138 Å². The Kier molecular flexibility index (Phi) is 5.36. The van der Waals surface area contributed by atoms with Crippen LogP contribution in [-0.4, -0.2) is 31.6 Å². The molecule has 0 aromatic heterocycles. The normalized spacial score (nSPS) is 11.6. The highest BCUT2D eigenvalue weighted by molar-refractivity contribution is 5.95. The molecule has 2 rings (SSSR count). The molecule has 0 radical (unpaired) electrons. The highest BCUT2D eigenvalue weighted by Gasteiger charge is 2.18. The number of hydrogen-bond acceptors (Lipinski definition) is 5. The van der Waals surface area contributed by atoms with E-state index in [9.17, 15) is 14.4 Å². The van der Waals surface area contributed by atoms with Gasteiger partial charge in [0.1, 0.15) is 5.75 Å². The van der Waals surface area contributed by atoms with Gasteiger partial charge >= 0.3 is 12.0 Å². The van der Waals surface area contributed by atoms with Crippen molar-refractivity contribution in [2.24, 2.45) is 5.73 Å². The van der Waals surface area contributed by atoms with E-state index in [2.05, 4.69) is 0 Å². The minimum Gasteiger partial charge on any atom is -0.497 e. The highest BCUT2D eigenvalue weighted by Crippen LogP contribution is 2.25. The number of primary amides is 1. The van der Waals surface area contributed by atoms with Crippen molar-refractivity contribution in [3.05, 3.63) is 42.0 Å². The first-order chi connectivity index (χ1) is 11.4. The maximum Gasteiger partial charge on any atom is 0.318 e. The van der Waals surface area contributed by atoms with Crippen LogP contribution in [0.3, 0.4) is 0 Å². The zero-order chi connectivity index (χ0) is 17.7. The molecular weight excluding hydrogens is 312 g/mol. The van der Waals surface area contributed by atoms with Gasteiger partial charge in [0.25, 0.3) is 5.91 Å². The molecular formula is C17H18N2O5. The lowest BCUT2D eigenvalue weighted by molar-refractivity contribution is -0.149. The van der Waals surface area contributed by atoms with Crippen LogP contribution < -0.4 is 15.8 Å². The predicted molar refractivity (Wildman–Crippen MR) is 87.6 cm³/mol. The number of nitrogens with two attached hydrogens (primary N) is 1. The average Bonchev–Trinajstić information content (AvgIpc) is 2.57. The van der Waals surface area contributed by atoms with Gasteiger partial charge in [0.05, 0.1) is 13.0 Å². The maximum atomic E-state index is 12.0. The third kappa shape index (κ3) is 4.22. The summed E-state index contributed by atoms with van der Waals surface area (Å²) >= 11 is 0. The van der Waals surface area contributed by atoms with Crippen LogP contribution in [-0.2, 0) is 14.3 Å². The number of urea groups is 1. The summed E-state index contributed by atoms with van der Waals surface area (Å²) in [6, 6.07) is 10.2. The third-order valence-electron chi connectivity index (χ3n) is 3.53. The van der Waals surface area contributed by atoms with E-state index in [0.717, 1.165) is 22.1 Å². The zero-order valence-corrected chi connectivity index (χ0v) is 13.4. The van der Waals surface area contributed by atoms with E-state index in [-0.39, 0.29) is 0 Å². The van der Waals surface area contributed by atoms with Gasteiger partial charge in [-0.3, -0.25) is 14.9 Å². The summed E-state index contributed by atoms with van der Waals surface area (Å²) in [5, 5.41) is 3.77. The third-order valence-corrected chi connectivity index (χ3v) is 3.53. The number of rotatable bonds is 5. The molecule has 0 heterocycles. The fourth-order valence-electron chi connectivity index (χ4n) is 2.21. The van der Waals surface area contributed by atoms with E-state index in [4.69, 9.17) is 15.2 Å². The summed E-state index contributed by atoms with van der Waals surface area (Å²) in [5.74, 6) is -1.14. The second-order valence-electron chi connectivity index (χ2n) is 5.21. The summed E-state index contributed by atoms with van der Waals surface area (Å²) in [5.41, 5.74) is 5.56. The number of ether oxygens (including phenoxy) is 2. The summed E-state index contributed by atoms with van der Waals surface area (Å²) in [6.45, 7) is 1.12. The van der Waals surface area contributed by atoms with Gasteiger partial charge in [0.15, 0.2) is 6.61 Å². The molecule has 7 nitrogen and oxygen atoms in total. The van der Waals surface area contributed by atoms with E-state index in [1.54, 1.807) is 14.0 Å². The van der Waals surface area contributed by atoms with E-state index in [1.165, 1.54) is 0 Å². The molecule has 7 heteroatoms.